The molecule has 0 bridgehead atoms. The zero-order valence-corrected chi connectivity index (χ0v) is 16.4. The van der Waals surface area contributed by atoms with Crippen molar-refractivity contribution in [3.63, 3.8) is 0 Å². The van der Waals surface area contributed by atoms with Gasteiger partial charge in [0.05, 0.1) is 17.6 Å². The van der Waals surface area contributed by atoms with Crippen LogP contribution < -0.4 is 15.8 Å². The molecule has 148 valence electrons. The minimum atomic E-state index is -0.580. The number of fused-ring (bicyclic) bond motifs is 1. The monoisotopic (exact) mass is 409 g/mol. The Labute approximate surface area is 173 Å². The van der Waals surface area contributed by atoms with E-state index in [2.05, 4.69) is 20.8 Å². The molecule has 3 aromatic rings. The Hall–Kier alpha value is -3.19. The summed E-state index contributed by atoms with van der Waals surface area (Å²) >= 11 is 6.09. The van der Waals surface area contributed by atoms with E-state index in [0.717, 1.165) is 42.3 Å². The highest BCUT2D eigenvalue weighted by atomic mass is 35.5. The number of aromatic nitrogens is 2. The SMILES string of the molecule is O=C(Cc1cccc2ccccc12)NNC(=O)c1nc(N2CCCC2)ncc1Cl. The van der Waals surface area contributed by atoms with Gasteiger partial charge >= 0.3 is 0 Å². The Balaban J connectivity index is 1.41. The van der Waals surface area contributed by atoms with Gasteiger partial charge in [-0.05, 0) is 29.2 Å². The van der Waals surface area contributed by atoms with Crippen LogP contribution in [0.25, 0.3) is 10.8 Å². The number of nitrogens with one attached hydrogen (secondary N) is 2. The molecule has 8 heteroatoms. The molecular formula is C21H20ClN5O2. The van der Waals surface area contributed by atoms with Gasteiger partial charge in [0.25, 0.3) is 5.91 Å². The Morgan fingerprint density at radius 3 is 2.62 bits per heavy atom. The average Bonchev–Trinajstić information content (AvgIpc) is 3.27. The van der Waals surface area contributed by atoms with E-state index in [9.17, 15) is 9.59 Å². The number of anilines is 1. The summed E-state index contributed by atoms with van der Waals surface area (Å²) in [4.78, 5) is 35.3. The number of halogens is 1. The largest absolute Gasteiger partial charge is 0.341 e. The maximum atomic E-state index is 12.5. The normalized spacial score (nSPS) is 13.5. The maximum absolute atomic E-state index is 12.5. The van der Waals surface area contributed by atoms with Crippen molar-refractivity contribution in [2.24, 2.45) is 0 Å². The minimum absolute atomic E-state index is 0.0361. The van der Waals surface area contributed by atoms with Crippen LogP contribution in [0.1, 0.15) is 28.9 Å². The van der Waals surface area contributed by atoms with Crippen LogP contribution in [-0.2, 0) is 11.2 Å². The number of carbonyl (C=O) groups is 2. The molecule has 0 radical (unpaired) electrons. The Kier molecular flexibility index (Phi) is 5.57. The quantitative estimate of drug-likeness (QED) is 0.647. The number of amides is 2. The summed E-state index contributed by atoms with van der Waals surface area (Å²) in [5.41, 5.74) is 5.75. The molecule has 1 fully saturated rings. The van der Waals surface area contributed by atoms with Crippen LogP contribution in [-0.4, -0.2) is 34.9 Å². The number of nitrogens with zero attached hydrogens (tertiary/aromatic N) is 3. The summed E-state index contributed by atoms with van der Waals surface area (Å²) in [7, 11) is 0. The van der Waals surface area contributed by atoms with Crippen molar-refractivity contribution in [2.45, 2.75) is 19.3 Å². The van der Waals surface area contributed by atoms with Gasteiger partial charge in [-0.15, -0.1) is 0 Å². The molecule has 1 aromatic heterocycles. The highest BCUT2D eigenvalue weighted by Gasteiger charge is 2.20. The standard InChI is InChI=1S/C21H20ClN5O2/c22-17-13-23-21(27-10-3-4-11-27)24-19(17)20(29)26-25-18(28)12-15-8-5-7-14-6-1-2-9-16(14)15/h1-2,5-9,13H,3-4,10-12H2,(H,25,28)(H,26,29). The van der Waals surface area contributed by atoms with Gasteiger partial charge in [0, 0.05) is 13.1 Å². The van der Waals surface area contributed by atoms with Crippen molar-refractivity contribution < 1.29 is 9.59 Å². The highest BCUT2D eigenvalue weighted by molar-refractivity contribution is 6.33. The number of hydrogen-bond acceptors (Lipinski definition) is 5. The molecular weight excluding hydrogens is 390 g/mol. The first kappa shape index (κ1) is 19.1. The molecule has 0 aliphatic carbocycles. The fraction of sp³-hybridized carbons (Fsp3) is 0.238. The zero-order chi connectivity index (χ0) is 20.2. The summed E-state index contributed by atoms with van der Waals surface area (Å²) in [6.07, 6.45) is 3.68. The molecule has 4 rings (SSSR count). The van der Waals surface area contributed by atoms with Crippen molar-refractivity contribution >= 4 is 40.1 Å². The van der Waals surface area contributed by atoms with Gasteiger partial charge in [-0.25, -0.2) is 9.97 Å². The lowest BCUT2D eigenvalue weighted by Gasteiger charge is -2.16. The van der Waals surface area contributed by atoms with Crippen LogP contribution in [0.2, 0.25) is 5.02 Å². The zero-order valence-electron chi connectivity index (χ0n) is 15.7. The molecule has 2 aromatic carbocycles. The average molecular weight is 410 g/mol. The van der Waals surface area contributed by atoms with Crippen LogP contribution in [0.4, 0.5) is 5.95 Å². The molecule has 0 spiro atoms. The number of hydrazine groups is 1. The molecule has 0 atom stereocenters. The molecule has 2 heterocycles. The van der Waals surface area contributed by atoms with Crippen molar-refractivity contribution in [2.75, 3.05) is 18.0 Å². The Morgan fingerprint density at radius 1 is 1.03 bits per heavy atom. The fourth-order valence-corrected chi connectivity index (χ4v) is 3.61. The van der Waals surface area contributed by atoms with E-state index in [1.165, 1.54) is 6.20 Å². The summed E-state index contributed by atoms with van der Waals surface area (Å²) < 4.78 is 0. The second-order valence-electron chi connectivity index (χ2n) is 6.88. The molecule has 2 amide bonds. The molecule has 0 unspecified atom stereocenters. The van der Waals surface area contributed by atoms with Crippen LogP contribution in [0.15, 0.2) is 48.7 Å². The van der Waals surface area contributed by atoms with Gasteiger partial charge < -0.3 is 4.90 Å². The predicted octanol–water partition coefficient (Wildman–Crippen LogP) is 2.89. The van der Waals surface area contributed by atoms with Crippen molar-refractivity contribution in [1.29, 1.82) is 0 Å². The first-order chi connectivity index (χ1) is 14.1. The number of rotatable bonds is 4. The molecule has 1 aliphatic rings. The first-order valence-electron chi connectivity index (χ1n) is 9.45. The number of carbonyl (C=O) groups excluding carboxylic acids is 2. The molecule has 29 heavy (non-hydrogen) atoms. The van der Waals surface area contributed by atoms with Gasteiger partial charge in [-0.1, -0.05) is 54.1 Å². The van der Waals surface area contributed by atoms with E-state index in [1.807, 2.05) is 47.4 Å². The third-order valence-corrected chi connectivity index (χ3v) is 5.16. The Bertz CT molecular complexity index is 1060. The fourth-order valence-electron chi connectivity index (χ4n) is 3.44. The summed E-state index contributed by atoms with van der Waals surface area (Å²) in [6.45, 7) is 1.70. The molecule has 2 N–H and O–H groups in total. The van der Waals surface area contributed by atoms with Crippen LogP contribution >= 0.6 is 11.6 Å². The van der Waals surface area contributed by atoms with Gasteiger partial charge in [-0.3, -0.25) is 20.4 Å². The van der Waals surface area contributed by atoms with E-state index < -0.39 is 5.91 Å². The third-order valence-electron chi connectivity index (χ3n) is 4.88. The van der Waals surface area contributed by atoms with E-state index >= 15 is 0 Å². The van der Waals surface area contributed by atoms with Gasteiger partial charge in [0.15, 0.2) is 5.69 Å². The lowest BCUT2D eigenvalue weighted by atomic mass is 10.0. The van der Waals surface area contributed by atoms with Gasteiger partial charge in [-0.2, -0.15) is 0 Å². The van der Waals surface area contributed by atoms with E-state index in [1.54, 1.807) is 0 Å². The second-order valence-corrected chi connectivity index (χ2v) is 7.29. The topological polar surface area (TPSA) is 87.2 Å². The number of hydrogen-bond donors (Lipinski definition) is 2. The third kappa shape index (κ3) is 4.30. The Morgan fingerprint density at radius 2 is 1.79 bits per heavy atom. The summed E-state index contributed by atoms with van der Waals surface area (Å²) in [5.74, 6) is -0.442. The van der Waals surface area contributed by atoms with Crippen molar-refractivity contribution in [3.05, 3.63) is 64.9 Å². The molecule has 0 saturated carbocycles. The van der Waals surface area contributed by atoms with Gasteiger partial charge in [0.2, 0.25) is 11.9 Å². The first-order valence-corrected chi connectivity index (χ1v) is 9.83. The number of benzene rings is 2. The predicted molar refractivity (Wildman–Crippen MR) is 112 cm³/mol. The van der Waals surface area contributed by atoms with Crippen molar-refractivity contribution in [1.82, 2.24) is 20.8 Å². The molecule has 7 nitrogen and oxygen atoms in total. The van der Waals surface area contributed by atoms with Gasteiger partial charge in [0.1, 0.15) is 0 Å². The van der Waals surface area contributed by atoms with Crippen LogP contribution in [0.5, 0.6) is 0 Å². The summed E-state index contributed by atoms with van der Waals surface area (Å²) in [5, 5.41) is 2.20. The molecule has 1 saturated heterocycles. The lowest BCUT2D eigenvalue weighted by Crippen LogP contribution is -2.43. The second kappa shape index (κ2) is 8.45. The van der Waals surface area contributed by atoms with E-state index in [0.29, 0.717) is 5.95 Å². The highest BCUT2D eigenvalue weighted by Crippen LogP contribution is 2.20. The van der Waals surface area contributed by atoms with Crippen LogP contribution in [0.3, 0.4) is 0 Å². The maximum Gasteiger partial charge on any atom is 0.290 e. The van der Waals surface area contributed by atoms with Crippen LogP contribution in [0, 0.1) is 0 Å². The van der Waals surface area contributed by atoms with E-state index in [-0.39, 0.29) is 23.0 Å². The van der Waals surface area contributed by atoms with E-state index in [4.69, 9.17) is 11.6 Å². The molecule has 1 aliphatic heterocycles. The van der Waals surface area contributed by atoms with Crippen molar-refractivity contribution in [3.8, 4) is 0 Å². The minimum Gasteiger partial charge on any atom is -0.341 e. The lowest BCUT2D eigenvalue weighted by molar-refractivity contribution is -0.121. The summed E-state index contributed by atoms with van der Waals surface area (Å²) in [6, 6.07) is 13.6. The smallest absolute Gasteiger partial charge is 0.290 e.